The monoisotopic (exact) mass is 388 g/mol. The number of halogens is 1. The van der Waals surface area contributed by atoms with E-state index in [1.807, 2.05) is 31.2 Å². The maximum atomic E-state index is 12.3. The number of thioether (sulfide) groups is 1. The number of amidine groups is 1. The maximum absolute atomic E-state index is 12.3. The Labute approximate surface area is 161 Å². The third-order valence-corrected chi connectivity index (χ3v) is 5.07. The number of benzene rings is 2. The highest BCUT2D eigenvalue weighted by Crippen LogP contribution is 2.35. The number of hydrogen-bond acceptors (Lipinski definition) is 5. The normalized spacial score (nSPS) is 16.8. The number of aryl methyl sites for hydroxylation is 1. The van der Waals surface area contributed by atoms with Gasteiger partial charge in [-0.05, 0) is 48.5 Å². The molecule has 26 heavy (non-hydrogen) atoms. The molecule has 3 rings (SSSR count). The number of nitrogens with one attached hydrogen (secondary N) is 1. The van der Waals surface area contributed by atoms with Gasteiger partial charge in [0.05, 0.1) is 24.8 Å². The molecule has 7 heteroatoms. The zero-order valence-electron chi connectivity index (χ0n) is 14.5. The zero-order valence-corrected chi connectivity index (χ0v) is 16.1. The Morgan fingerprint density at radius 2 is 2.00 bits per heavy atom. The second-order valence-corrected chi connectivity index (χ2v) is 6.94. The lowest BCUT2D eigenvalue weighted by atomic mass is 10.1. The van der Waals surface area contributed by atoms with Gasteiger partial charge < -0.3 is 14.8 Å². The average molecular weight is 389 g/mol. The van der Waals surface area contributed by atoms with E-state index in [9.17, 15) is 4.79 Å². The Bertz CT molecular complexity index is 925. The predicted molar refractivity (Wildman–Crippen MR) is 107 cm³/mol. The molecule has 2 aromatic carbocycles. The molecule has 1 fully saturated rings. The minimum absolute atomic E-state index is 0.211. The number of carbonyl (C=O) groups excluding carboxylic acids is 1. The Morgan fingerprint density at radius 3 is 2.69 bits per heavy atom. The van der Waals surface area contributed by atoms with Crippen molar-refractivity contribution in [2.75, 3.05) is 14.2 Å². The molecule has 2 aromatic rings. The van der Waals surface area contributed by atoms with Crippen LogP contribution in [0.15, 0.2) is 46.3 Å². The number of para-hydroxylation sites is 1. The standard InChI is InChI=1S/C19H17ClN2O3S/c1-11-7-8-13(10-14(11)20)21-19-22-18(23)16(26-19)9-12-5-4-6-15(24-2)17(12)25-3/h4-10H,1-3H3,(H,21,22,23). The number of nitrogens with zero attached hydrogens (tertiary/aromatic N) is 1. The number of hydrogen-bond donors (Lipinski definition) is 1. The van der Waals surface area contributed by atoms with E-state index in [4.69, 9.17) is 21.1 Å². The molecule has 0 saturated carbocycles. The number of rotatable bonds is 4. The molecule has 134 valence electrons. The highest BCUT2D eigenvalue weighted by molar-refractivity contribution is 8.18. The molecular formula is C19H17ClN2O3S. The van der Waals surface area contributed by atoms with E-state index in [0.29, 0.717) is 32.3 Å². The van der Waals surface area contributed by atoms with Crippen LogP contribution in [0.3, 0.4) is 0 Å². The quantitative estimate of drug-likeness (QED) is 0.780. The number of aliphatic imine (C=N–C) groups is 1. The van der Waals surface area contributed by atoms with E-state index in [1.54, 1.807) is 32.4 Å². The molecule has 0 radical (unpaired) electrons. The summed E-state index contributed by atoms with van der Waals surface area (Å²) in [5.74, 6) is 0.969. The van der Waals surface area contributed by atoms with Crippen LogP contribution in [0, 0.1) is 6.92 Å². The number of ether oxygens (including phenoxy) is 2. The fourth-order valence-electron chi connectivity index (χ4n) is 2.42. The molecule has 0 bridgehead atoms. The molecule has 1 aliphatic rings. The largest absolute Gasteiger partial charge is 0.493 e. The van der Waals surface area contributed by atoms with Crippen molar-refractivity contribution in [1.82, 2.24) is 5.32 Å². The summed E-state index contributed by atoms with van der Waals surface area (Å²) in [6.45, 7) is 1.92. The molecule has 1 N–H and O–H groups in total. The van der Waals surface area contributed by atoms with Gasteiger partial charge in [-0.25, -0.2) is 4.99 Å². The Balaban J connectivity index is 1.89. The van der Waals surface area contributed by atoms with E-state index < -0.39 is 0 Å². The van der Waals surface area contributed by atoms with Crippen LogP contribution in [0.25, 0.3) is 6.08 Å². The van der Waals surface area contributed by atoms with Crippen LogP contribution >= 0.6 is 23.4 Å². The molecule has 1 aliphatic heterocycles. The second kappa shape index (κ2) is 7.85. The highest BCUT2D eigenvalue weighted by Gasteiger charge is 2.24. The predicted octanol–water partition coefficient (Wildman–Crippen LogP) is 4.56. The Hall–Kier alpha value is -2.44. The van der Waals surface area contributed by atoms with Gasteiger partial charge in [0.25, 0.3) is 5.91 Å². The van der Waals surface area contributed by atoms with E-state index in [-0.39, 0.29) is 5.91 Å². The lowest BCUT2D eigenvalue weighted by Crippen LogP contribution is -2.19. The van der Waals surface area contributed by atoms with Crippen LogP contribution in [-0.4, -0.2) is 25.3 Å². The molecule has 1 saturated heterocycles. The van der Waals surface area contributed by atoms with Gasteiger partial charge in [-0.3, -0.25) is 4.79 Å². The molecule has 0 unspecified atom stereocenters. The van der Waals surface area contributed by atoms with Crippen LogP contribution in [0.5, 0.6) is 11.5 Å². The average Bonchev–Trinajstić information content (AvgIpc) is 2.97. The molecule has 0 atom stereocenters. The molecule has 1 heterocycles. The molecule has 0 spiro atoms. The van der Waals surface area contributed by atoms with Gasteiger partial charge in [-0.2, -0.15) is 0 Å². The summed E-state index contributed by atoms with van der Waals surface area (Å²) in [6.07, 6.45) is 1.76. The van der Waals surface area contributed by atoms with E-state index in [0.717, 1.165) is 11.1 Å². The zero-order chi connectivity index (χ0) is 18.7. The van der Waals surface area contributed by atoms with Crippen molar-refractivity contribution in [3.05, 3.63) is 57.5 Å². The molecular weight excluding hydrogens is 372 g/mol. The van der Waals surface area contributed by atoms with E-state index in [2.05, 4.69) is 10.3 Å². The molecule has 1 amide bonds. The summed E-state index contributed by atoms with van der Waals surface area (Å²) in [5.41, 5.74) is 2.41. The van der Waals surface area contributed by atoms with Crippen molar-refractivity contribution < 1.29 is 14.3 Å². The van der Waals surface area contributed by atoms with Gasteiger partial charge in [0.1, 0.15) is 0 Å². The summed E-state index contributed by atoms with van der Waals surface area (Å²) >= 11 is 7.39. The van der Waals surface area contributed by atoms with Crippen molar-refractivity contribution >= 4 is 46.2 Å². The van der Waals surface area contributed by atoms with Crippen molar-refractivity contribution in [3.63, 3.8) is 0 Å². The topological polar surface area (TPSA) is 59.9 Å². The second-order valence-electron chi connectivity index (χ2n) is 5.50. The van der Waals surface area contributed by atoms with E-state index in [1.165, 1.54) is 11.8 Å². The van der Waals surface area contributed by atoms with Crippen molar-refractivity contribution in [3.8, 4) is 11.5 Å². The van der Waals surface area contributed by atoms with Gasteiger partial charge in [0.2, 0.25) is 0 Å². The smallest absolute Gasteiger partial charge is 0.264 e. The van der Waals surface area contributed by atoms with Gasteiger partial charge in [0.15, 0.2) is 16.7 Å². The minimum atomic E-state index is -0.211. The Kier molecular flexibility index (Phi) is 5.54. The van der Waals surface area contributed by atoms with Crippen LogP contribution in [-0.2, 0) is 4.79 Å². The molecule has 0 aliphatic carbocycles. The van der Waals surface area contributed by atoms with Gasteiger partial charge in [-0.15, -0.1) is 0 Å². The van der Waals surface area contributed by atoms with Crippen molar-refractivity contribution in [2.24, 2.45) is 4.99 Å². The van der Waals surface area contributed by atoms with Crippen molar-refractivity contribution in [2.45, 2.75) is 6.92 Å². The summed E-state index contributed by atoms with van der Waals surface area (Å²) in [4.78, 5) is 17.2. The summed E-state index contributed by atoms with van der Waals surface area (Å²) in [7, 11) is 3.14. The number of carbonyl (C=O) groups is 1. The molecule has 0 aromatic heterocycles. The van der Waals surface area contributed by atoms with Crippen LogP contribution in [0.4, 0.5) is 5.69 Å². The van der Waals surface area contributed by atoms with Crippen LogP contribution in [0.1, 0.15) is 11.1 Å². The first-order chi connectivity index (χ1) is 12.5. The third-order valence-electron chi connectivity index (χ3n) is 3.76. The van der Waals surface area contributed by atoms with Gasteiger partial charge >= 0.3 is 0 Å². The SMILES string of the molecule is COc1cccc(C=C2SC(=Nc3ccc(C)c(Cl)c3)NC2=O)c1OC. The first-order valence-electron chi connectivity index (χ1n) is 7.78. The first-order valence-corrected chi connectivity index (χ1v) is 8.98. The third kappa shape index (κ3) is 3.86. The highest BCUT2D eigenvalue weighted by atomic mass is 35.5. The Morgan fingerprint density at radius 1 is 1.19 bits per heavy atom. The number of amides is 1. The summed E-state index contributed by atoms with van der Waals surface area (Å²) < 4.78 is 10.7. The summed E-state index contributed by atoms with van der Waals surface area (Å²) in [6, 6.07) is 11.0. The van der Waals surface area contributed by atoms with Gasteiger partial charge in [-0.1, -0.05) is 29.8 Å². The molecule has 5 nitrogen and oxygen atoms in total. The minimum Gasteiger partial charge on any atom is -0.493 e. The first kappa shape index (κ1) is 18.4. The lowest BCUT2D eigenvalue weighted by molar-refractivity contribution is -0.115. The number of methoxy groups -OCH3 is 2. The fourth-order valence-corrected chi connectivity index (χ4v) is 3.42. The van der Waals surface area contributed by atoms with Crippen molar-refractivity contribution in [1.29, 1.82) is 0 Å². The van der Waals surface area contributed by atoms with Crippen LogP contribution < -0.4 is 14.8 Å². The lowest BCUT2D eigenvalue weighted by Gasteiger charge is -2.10. The fraction of sp³-hybridized carbons (Fsp3) is 0.158. The van der Waals surface area contributed by atoms with Gasteiger partial charge in [0, 0.05) is 10.6 Å². The van der Waals surface area contributed by atoms with Crippen LogP contribution in [0.2, 0.25) is 5.02 Å². The maximum Gasteiger partial charge on any atom is 0.264 e. The van der Waals surface area contributed by atoms with E-state index >= 15 is 0 Å². The summed E-state index contributed by atoms with van der Waals surface area (Å²) in [5, 5.41) is 3.90.